The molecule has 1 saturated heterocycles. The van der Waals surface area contributed by atoms with Gasteiger partial charge in [0.2, 0.25) is 5.91 Å². The van der Waals surface area contributed by atoms with E-state index in [-0.39, 0.29) is 11.4 Å². The zero-order chi connectivity index (χ0) is 22.8. The van der Waals surface area contributed by atoms with Crippen LogP contribution in [0.3, 0.4) is 0 Å². The van der Waals surface area contributed by atoms with E-state index in [4.69, 9.17) is 16.0 Å². The SMILES string of the molecule is Cc1cc(C)cc(NC(=O)CN2C(=O)S/C(=C/c3ccc(-c4ccc(Cl)cc4)o3)C2=O)c1. The molecule has 6 nitrogen and oxygen atoms in total. The van der Waals surface area contributed by atoms with Gasteiger partial charge in [-0.1, -0.05) is 17.7 Å². The number of thioether (sulfide) groups is 1. The normalized spacial score (nSPS) is 15.0. The zero-order valence-corrected chi connectivity index (χ0v) is 18.9. The van der Waals surface area contributed by atoms with Crippen LogP contribution in [0.1, 0.15) is 16.9 Å². The lowest BCUT2D eigenvalue weighted by atomic mass is 10.1. The Morgan fingerprint density at radius 3 is 2.44 bits per heavy atom. The third kappa shape index (κ3) is 4.95. The molecule has 0 spiro atoms. The molecule has 2 heterocycles. The summed E-state index contributed by atoms with van der Waals surface area (Å²) in [7, 11) is 0. The quantitative estimate of drug-likeness (QED) is 0.474. The van der Waals surface area contributed by atoms with Gasteiger partial charge in [-0.3, -0.25) is 19.3 Å². The molecule has 4 rings (SSSR count). The zero-order valence-electron chi connectivity index (χ0n) is 17.3. The minimum absolute atomic E-state index is 0.200. The molecular formula is C24H19ClN2O4S. The molecule has 0 radical (unpaired) electrons. The number of hydrogen-bond donors (Lipinski definition) is 1. The topological polar surface area (TPSA) is 79.6 Å². The van der Waals surface area contributed by atoms with Crippen LogP contribution < -0.4 is 5.32 Å². The van der Waals surface area contributed by atoms with Crippen molar-refractivity contribution in [3.05, 3.63) is 81.4 Å². The molecule has 1 aliphatic heterocycles. The maximum Gasteiger partial charge on any atom is 0.294 e. The standard InChI is InChI=1S/C24H19ClN2O4S/c1-14-9-15(2)11-18(10-14)26-22(28)13-27-23(29)21(32-24(27)30)12-19-7-8-20(31-19)16-3-5-17(25)6-4-16/h3-12H,13H2,1-2H3,(H,26,28)/b21-12+. The van der Waals surface area contributed by atoms with Crippen LogP contribution >= 0.6 is 23.4 Å². The molecule has 0 aliphatic carbocycles. The molecule has 3 amide bonds. The van der Waals surface area contributed by atoms with Gasteiger partial charge in [0.15, 0.2) is 0 Å². The third-order valence-corrected chi connectivity index (χ3v) is 5.87. The summed E-state index contributed by atoms with van der Waals surface area (Å²) in [4.78, 5) is 38.6. The van der Waals surface area contributed by atoms with Gasteiger partial charge in [-0.25, -0.2) is 0 Å². The van der Waals surface area contributed by atoms with Crippen molar-refractivity contribution in [2.75, 3.05) is 11.9 Å². The van der Waals surface area contributed by atoms with Gasteiger partial charge in [-0.2, -0.15) is 0 Å². The van der Waals surface area contributed by atoms with E-state index in [9.17, 15) is 14.4 Å². The molecule has 1 fully saturated rings. The average molecular weight is 467 g/mol. The van der Waals surface area contributed by atoms with Gasteiger partial charge in [-0.15, -0.1) is 0 Å². The van der Waals surface area contributed by atoms with E-state index < -0.39 is 17.1 Å². The fraction of sp³-hybridized carbons (Fsp3) is 0.125. The van der Waals surface area contributed by atoms with Gasteiger partial charge in [0.05, 0.1) is 4.91 Å². The number of furan rings is 1. The summed E-state index contributed by atoms with van der Waals surface area (Å²) in [6, 6.07) is 16.3. The second-order valence-corrected chi connectivity index (χ2v) is 8.83. The molecule has 0 unspecified atom stereocenters. The summed E-state index contributed by atoms with van der Waals surface area (Å²) in [5.41, 5.74) is 3.47. The first-order chi connectivity index (χ1) is 15.3. The Labute approximate surface area is 194 Å². The van der Waals surface area contributed by atoms with Crippen LogP contribution in [0.2, 0.25) is 5.02 Å². The van der Waals surface area contributed by atoms with E-state index in [2.05, 4.69) is 5.32 Å². The predicted molar refractivity (Wildman–Crippen MR) is 126 cm³/mol. The molecule has 1 aromatic heterocycles. The lowest BCUT2D eigenvalue weighted by Crippen LogP contribution is -2.36. The van der Waals surface area contributed by atoms with Crippen molar-refractivity contribution in [1.82, 2.24) is 4.90 Å². The number of imide groups is 1. The van der Waals surface area contributed by atoms with E-state index >= 15 is 0 Å². The second kappa shape index (κ2) is 9.06. The highest BCUT2D eigenvalue weighted by molar-refractivity contribution is 8.18. The van der Waals surface area contributed by atoms with Crippen molar-refractivity contribution in [2.45, 2.75) is 13.8 Å². The highest BCUT2D eigenvalue weighted by Gasteiger charge is 2.36. The van der Waals surface area contributed by atoms with Gasteiger partial charge in [0.1, 0.15) is 18.1 Å². The number of amides is 3. The molecule has 2 aromatic carbocycles. The summed E-state index contributed by atoms with van der Waals surface area (Å²) in [6.07, 6.45) is 1.51. The molecule has 8 heteroatoms. The van der Waals surface area contributed by atoms with Gasteiger partial charge in [-0.05, 0) is 85.3 Å². The highest BCUT2D eigenvalue weighted by Crippen LogP contribution is 2.33. The minimum atomic E-state index is -0.528. The number of halogens is 1. The summed E-state index contributed by atoms with van der Waals surface area (Å²) in [6.45, 7) is 3.50. The average Bonchev–Trinajstić information content (AvgIpc) is 3.28. The van der Waals surface area contributed by atoms with Crippen LogP contribution in [0.15, 0.2) is 63.9 Å². The first-order valence-electron chi connectivity index (χ1n) is 9.78. The van der Waals surface area contributed by atoms with E-state index in [1.807, 2.05) is 44.2 Å². The minimum Gasteiger partial charge on any atom is -0.457 e. The molecule has 0 bridgehead atoms. The van der Waals surface area contributed by atoms with Crippen molar-refractivity contribution in [1.29, 1.82) is 0 Å². The monoisotopic (exact) mass is 466 g/mol. The Kier molecular flexibility index (Phi) is 6.21. The van der Waals surface area contributed by atoms with E-state index in [1.54, 1.807) is 24.3 Å². The number of carbonyl (C=O) groups excluding carboxylic acids is 3. The predicted octanol–water partition coefficient (Wildman–Crippen LogP) is 5.89. The summed E-state index contributed by atoms with van der Waals surface area (Å²) >= 11 is 6.69. The fourth-order valence-electron chi connectivity index (χ4n) is 3.36. The molecule has 0 saturated carbocycles. The third-order valence-electron chi connectivity index (χ3n) is 4.71. The molecular weight excluding hydrogens is 448 g/mol. The van der Waals surface area contributed by atoms with Crippen LogP contribution in [0.25, 0.3) is 17.4 Å². The smallest absolute Gasteiger partial charge is 0.294 e. The van der Waals surface area contributed by atoms with Crippen molar-refractivity contribution < 1.29 is 18.8 Å². The molecule has 0 atom stereocenters. The Bertz CT molecular complexity index is 1230. The summed E-state index contributed by atoms with van der Waals surface area (Å²) in [5, 5.41) is 2.86. The largest absolute Gasteiger partial charge is 0.457 e. The number of rotatable bonds is 5. The van der Waals surface area contributed by atoms with Gasteiger partial charge < -0.3 is 9.73 Å². The number of hydrogen-bond acceptors (Lipinski definition) is 5. The molecule has 162 valence electrons. The Balaban J connectivity index is 1.45. The van der Waals surface area contributed by atoms with Gasteiger partial charge in [0, 0.05) is 22.3 Å². The van der Waals surface area contributed by atoms with Crippen LogP contribution in [-0.4, -0.2) is 28.5 Å². The van der Waals surface area contributed by atoms with Crippen LogP contribution in [-0.2, 0) is 9.59 Å². The highest BCUT2D eigenvalue weighted by atomic mass is 35.5. The van der Waals surface area contributed by atoms with E-state index in [1.165, 1.54) is 6.08 Å². The number of anilines is 1. The van der Waals surface area contributed by atoms with Gasteiger partial charge >= 0.3 is 0 Å². The molecule has 32 heavy (non-hydrogen) atoms. The van der Waals surface area contributed by atoms with Crippen LogP contribution in [0.5, 0.6) is 0 Å². The Hall–Kier alpha value is -3.29. The molecule has 1 N–H and O–H groups in total. The Morgan fingerprint density at radius 2 is 1.75 bits per heavy atom. The van der Waals surface area contributed by atoms with E-state index in [0.717, 1.165) is 33.4 Å². The van der Waals surface area contributed by atoms with Crippen LogP contribution in [0.4, 0.5) is 10.5 Å². The number of aryl methyl sites for hydroxylation is 2. The second-order valence-electron chi connectivity index (χ2n) is 7.40. The maximum absolute atomic E-state index is 12.7. The van der Waals surface area contributed by atoms with Crippen molar-refractivity contribution in [2.24, 2.45) is 0 Å². The van der Waals surface area contributed by atoms with Crippen molar-refractivity contribution in [3.63, 3.8) is 0 Å². The number of benzene rings is 2. The number of nitrogens with one attached hydrogen (secondary N) is 1. The number of carbonyl (C=O) groups is 3. The van der Waals surface area contributed by atoms with Crippen LogP contribution in [0, 0.1) is 13.8 Å². The fourth-order valence-corrected chi connectivity index (χ4v) is 4.30. The Morgan fingerprint density at radius 1 is 1.06 bits per heavy atom. The van der Waals surface area contributed by atoms with Gasteiger partial charge in [0.25, 0.3) is 11.1 Å². The van der Waals surface area contributed by atoms with Crippen molar-refractivity contribution in [3.8, 4) is 11.3 Å². The summed E-state index contributed by atoms with van der Waals surface area (Å²) < 4.78 is 5.78. The van der Waals surface area contributed by atoms with E-state index in [0.29, 0.717) is 22.2 Å². The first kappa shape index (κ1) is 21.9. The number of nitrogens with zero attached hydrogens (tertiary/aromatic N) is 1. The molecule has 3 aromatic rings. The van der Waals surface area contributed by atoms with Crippen molar-refractivity contribution >= 4 is 52.2 Å². The maximum atomic E-state index is 12.7. The lowest BCUT2D eigenvalue weighted by molar-refractivity contribution is -0.127. The first-order valence-corrected chi connectivity index (χ1v) is 11.0. The molecule has 1 aliphatic rings. The lowest BCUT2D eigenvalue weighted by Gasteiger charge is -2.13. The summed E-state index contributed by atoms with van der Waals surface area (Å²) in [5.74, 6) is 0.0710.